The summed E-state index contributed by atoms with van der Waals surface area (Å²) in [7, 11) is -4.06. The Labute approximate surface area is 192 Å². The molecule has 0 saturated carbocycles. The highest BCUT2D eigenvalue weighted by Gasteiger charge is 2.29. The summed E-state index contributed by atoms with van der Waals surface area (Å²) >= 11 is 12.3. The molecule has 3 aromatic rings. The lowest BCUT2D eigenvalue weighted by molar-refractivity contribution is -0.114. The number of carbonyl (C=O) groups is 1. The Bertz CT molecular complexity index is 1200. The number of nitrogens with one attached hydrogen (secondary N) is 1. The maximum atomic E-state index is 13.4. The zero-order valence-electron chi connectivity index (χ0n) is 17.1. The van der Waals surface area contributed by atoms with Gasteiger partial charge in [0.05, 0.1) is 15.6 Å². The number of carbonyl (C=O) groups excluding carboxylic acids is 1. The molecule has 0 aliphatic rings. The van der Waals surface area contributed by atoms with Crippen LogP contribution in [0.3, 0.4) is 0 Å². The van der Waals surface area contributed by atoms with Gasteiger partial charge in [-0.15, -0.1) is 0 Å². The predicted octanol–water partition coefficient (Wildman–Crippen LogP) is 5.70. The number of halogens is 2. The first kappa shape index (κ1) is 23.1. The van der Waals surface area contributed by atoms with Crippen molar-refractivity contribution >= 4 is 50.5 Å². The van der Waals surface area contributed by atoms with Crippen molar-refractivity contribution in [3.8, 4) is 0 Å². The highest BCUT2D eigenvalue weighted by Crippen LogP contribution is 2.33. The Morgan fingerprint density at radius 3 is 2.35 bits per heavy atom. The van der Waals surface area contributed by atoms with Crippen molar-refractivity contribution in [3.05, 3.63) is 87.9 Å². The van der Waals surface area contributed by atoms with Gasteiger partial charge in [-0.2, -0.15) is 0 Å². The number of sulfonamides is 1. The summed E-state index contributed by atoms with van der Waals surface area (Å²) in [4.78, 5) is 13.0. The van der Waals surface area contributed by atoms with Gasteiger partial charge >= 0.3 is 0 Å². The first-order valence-electron chi connectivity index (χ1n) is 9.65. The summed E-state index contributed by atoms with van der Waals surface area (Å²) in [6.45, 7) is 3.43. The number of amides is 1. The van der Waals surface area contributed by atoms with Crippen LogP contribution in [0.1, 0.15) is 18.1 Å². The minimum Gasteiger partial charge on any atom is -0.324 e. The fourth-order valence-corrected chi connectivity index (χ4v) is 5.24. The van der Waals surface area contributed by atoms with Crippen LogP contribution in [-0.2, 0) is 21.2 Å². The minimum absolute atomic E-state index is 0.0546. The smallest absolute Gasteiger partial charge is 0.264 e. The molecular weight excluding hydrogens is 455 g/mol. The van der Waals surface area contributed by atoms with Crippen molar-refractivity contribution in [1.82, 2.24) is 0 Å². The van der Waals surface area contributed by atoms with E-state index in [0.717, 1.165) is 21.9 Å². The van der Waals surface area contributed by atoms with Crippen LogP contribution in [0.15, 0.2) is 71.6 Å². The van der Waals surface area contributed by atoms with Crippen LogP contribution >= 0.6 is 23.2 Å². The molecule has 3 aromatic carbocycles. The lowest BCUT2D eigenvalue weighted by atomic mass is 10.1. The number of rotatable bonds is 7. The molecule has 0 aliphatic carbocycles. The van der Waals surface area contributed by atoms with Crippen molar-refractivity contribution in [2.45, 2.75) is 25.2 Å². The predicted molar refractivity (Wildman–Crippen MR) is 127 cm³/mol. The number of nitrogens with zero attached hydrogens (tertiary/aromatic N) is 1. The Hall–Kier alpha value is -2.54. The maximum absolute atomic E-state index is 13.4. The van der Waals surface area contributed by atoms with Crippen LogP contribution in [0, 0.1) is 6.92 Å². The van der Waals surface area contributed by atoms with Gasteiger partial charge in [-0.25, -0.2) is 8.42 Å². The normalized spacial score (nSPS) is 11.2. The summed E-state index contributed by atoms with van der Waals surface area (Å²) in [6, 6.07) is 18.1. The average Bonchev–Trinajstić information content (AvgIpc) is 2.74. The van der Waals surface area contributed by atoms with Crippen molar-refractivity contribution in [2.75, 3.05) is 16.2 Å². The topological polar surface area (TPSA) is 66.5 Å². The zero-order valence-corrected chi connectivity index (χ0v) is 19.4. The summed E-state index contributed by atoms with van der Waals surface area (Å²) in [6.07, 6.45) is 0.729. The number of hydrogen-bond acceptors (Lipinski definition) is 3. The van der Waals surface area contributed by atoms with Gasteiger partial charge in [-0.1, -0.05) is 66.5 Å². The van der Waals surface area contributed by atoms with E-state index in [1.807, 2.05) is 32.0 Å². The lowest BCUT2D eigenvalue weighted by Gasteiger charge is -2.25. The lowest BCUT2D eigenvalue weighted by Crippen LogP contribution is -2.38. The number of anilines is 2. The summed E-state index contributed by atoms with van der Waals surface area (Å²) in [5.41, 5.74) is 2.73. The number of para-hydroxylation sites is 1. The van der Waals surface area contributed by atoms with Crippen LogP contribution in [0.5, 0.6) is 0 Å². The van der Waals surface area contributed by atoms with Crippen LogP contribution in [0.2, 0.25) is 10.0 Å². The molecule has 0 bridgehead atoms. The largest absolute Gasteiger partial charge is 0.324 e. The highest BCUT2D eigenvalue weighted by molar-refractivity contribution is 7.92. The maximum Gasteiger partial charge on any atom is 0.264 e. The molecule has 0 radical (unpaired) electrons. The third-order valence-electron chi connectivity index (χ3n) is 4.80. The summed E-state index contributed by atoms with van der Waals surface area (Å²) < 4.78 is 27.8. The Kier molecular flexibility index (Phi) is 7.26. The summed E-state index contributed by atoms with van der Waals surface area (Å²) in [5.74, 6) is -0.477. The molecule has 1 amide bonds. The highest BCUT2D eigenvalue weighted by atomic mass is 35.5. The number of benzene rings is 3. The van der Waals surface area contributed by atoms with E-state index < -0.39 is 22.5 Å². The van der Waals surface area contributed by atoms with E-state index in [1.54, 1.807) is 18.2 Å². The fourth-order valence-electron chi connectivity index (χ4n) is 3.21. The molecule has 0 saturated heterocycles. The number of aryl methyl sites for hydroxylation is 2. The molecule has 0 spiro atoms. The van der Waals surface area contributed by atoms with Gasteiger partial charge in [0.15, 0.2) is 0 Å². The average molecular weight is 477 g/mol. The third kappa shape index (κ3) is 5.21. The Morgan fingerprint density at radius 1 is 1.00 bits per heavy atom. The van der Waals surface area contributed by atoms with Crippen molar-refractivity contribution in [2.24, 2.45) is 0 Å². The zero-order chi connectivity index (χ0) is 22.6. The second kappa shape index (κ2) is 9.73. The SMILES string of the molecule is CCc1cccc(C)c1NC(=O)CN(c1ccc(Cl)cc1Cl)S(=O)(=O)c1ccccc1. The van der Waals surface area contributed by atoms with Crippen LogP contribution in [-0.4, -0.2) is 20.9 Å². The molecule has 0 unspecified atom stereocenters. The van der Waals surface area contributed by atoms with E-state index in [9.17, 15) is 13.2 Å². The van der Waals surface area contributed by atoms with Crippen LogP contribution in [0.25, 0.3) is 0 Å². The summed E-state index contributed by atoms with van der Waals surface area (Å²) in [5, 5.41) is 3.36. The Morgan fingerprint density at radius 2 is 1.71 bits per heavy atom. The molecule has 0 heterocycles. The van der Waals surface area contributed by atoms with Gasteiger partial charge < -0.3 is 5.32 Å². The molecular formula is C23H22Cl2N2O3S. The van der Waals surface area contributed by atoms with Crippen LogP contribution in [0.4, 0.5) is 11.4 Å². The van der Waals surface area contributed by atoms with Crippen molar-refractivity contribution < 1.29 is 13.2 Å². The minimum atomic E-state index is -4.06. The molecule has 8 heteroatoms. The standard InChI is InChI=1S/C23H22Cl2N2O3S/c1-3-17-9-7-8-16(2)23(17)26-22(28)15-27(21-13-12-18(24)14-20(21)25)31(29,30)19-10-5-4-6-11-19/h4-14H,3,15H2,1-2H3,(H,26,28). The van der Waals surface area contributed by atoms with E-state index >= 15 is 0 Å². The second-order valence-electron chi connectivity index (χ2n) is 6.93. The van der Waals surface area contributed by atoms with Gasteiger partial charge in [0.2, 0.25) is 5.91 Å². The first-order valence-corrected chi connectivity index (χ1v) is 11.8. The van der Waals surface area contributed by atoms with Gasteiger partial charge in [0.25, 0.3) is 10.0 Å². The third-order valence-corrected chi connectivity index (χ3v) is 7.11. The Balaban J connectivity index is 2.01. The van der Waals surface area contributed by atoms with Crippen molar-refractivity contribution in [3.63, 3.8) is 0 Å². The van der Waals surface area contributed by atoms with E-state index in [2.05, 4.69) is 5.32 Å². The van der Waals surface area contributed by atoms with Gasteiger partial charge in [0.1, 0.15) is 6.54 Å². The molecule has 0 atom stereocenters. The molecule has 0 aromatic heterocycles. The van der Waals surface area contributed by atoms with Crippen molar-refractivity contribution in [1.29, 1.82) is 0 Å². The van der Waals surface area contributed by atoms with Crippen LogP contribution < -0.4 is 9.62 Å². The molecule has 3 rings (SSSR count). The molecule has 162 valence electrons. The second-order valence-corrected chi connectivity index (χ2v) is 9.64. The first-order chi connectivity index (χ1) is 14.7. The molecule has 0 fully saturated rings. The molecule has 31 heavy (non-hydrogen) atoms. The van der Waals surface area contributed by atoms with Gasteiger partial charge in [-0.05, 0) is 54.8 Å². The number of hydrogen-bond donors (Lipinski definition) is 1. The molecule has 1 N–H and O–H groups in total. The van der Waals surface area contributed by atoms with E-state index in [1.165, 1.54) is 30.3 Å². The van der Waals surface area contributed by atoms with Gasteiger partial charge in [0, 0.05) is 10.7 Å². The van der Waals surface area contributed by atoms with E-state index in [0.29, 0.717) is 10.7 Å². The van der Waals surface area contributed by atoms with E-state index in [-0.39, 0.29) is 15.6 Å². The quantitative estimate of drug-likeness (QED) is 0.475. The monoisotopic (exact) mass is 476 g/mol. The molecule has 0 aliphatic heterocycles. The molecule has 5 nitrogen and oxygen atoms in total. The fraction of sp³-hybridized carbons (Fsp3) is 0.174. The van der Waals surface area contributed by atoms with E-state index in [4.69, 9.17) is 23.2 Å². The van der Waals surface area contributed by atoms with Gasteiger partial charge in [-0.3, -0.25) is 9.10 Å².